The highest BCUT2D eigenvalue weighted by Crippen LogP contribution is 2.51. The number of hydrogen-bond acceptors (Lipinski definition) is 2. The SMILES string of the molecule is c1ccc(-c2ccc3c(c2)-c2c(cc4oc5ccccc5c4c2-c2ccc(N(c4ccccc4)c4ccccc4)cc2)CCC3c2cccc3ccccc23)cc1. The molecule has 0 amide bonds. The Labute approximate surface area is 332 Å². The Kier molecular flexibility index (Phi) is 8.07. The molecule has 270 valence electrons. The molecular weight excluding hydrogens is 691 g/mol. The number of fused-ring (bicyclic) bond motifs is 7. The Morgan fingerprint density at radius 1 is 0.421 bits per heavy atom. The Morgan fingerprint density at radius 2 is 1.04 bits per heavy atom. The Balaban J connectivity index is 1.18. The molecule has 0 saturated carbocycles. The van der Waals surface area contributed by atoms with Gasteiger partial charge in [0.15, 0.2) is 0 Å². The molecule has 1 atom stereocenters. The average Bonchev–Trinajstić information content (AvgIpc) is 3.57. The lowest BCUT2D eigenvalue weighted by molar-refractivity contribution is 0.667. The molecule has 0 N–H and O–H groups in total. The number of anilines is 3. The normalized spacial score (nSPS) is 13.6. The highest BCUT2D eigenvalue weighted by Gasteiger charge is 2.30. The van der Waals surface area contributed by atoms with E-state index in [1.807, 2.05) is 0 Å². The van der Waals surface area contributed by atoms with Crippen molar-refractivity contribution in [3.63, 3.8) is 0 Å². The summed E-state index contributed by atoms with van der Waals surface area (Å²) in [4.78, 5) is 2.33. The van der Waals surface area contributed by atoms with Gasteiger partial charge in [-0.15, -0.1) is 0 Å². The molecule has 1 aliphatic carbocycles. The number of hydrogen-bond donors (Lipinski definition) is 0. The molecule has 9 aromatic carbocycles. The molecule has 2 heteroatoms. The largest absolute Gasteiger partial charge is 0.456 e. The van der Waals surface area contributed by atoms with E-state index in [1.54, 1.807) is 0 Å². The first-order chi connectivity index (χ1) is 28.3. The number of nitrogens with zero attached hydrogens (tertiary/aromatic N) is 1. The second-order valence-corrected chi connectivity index (χ2v) is 15.1. The van der Waals surface area contributed by atoms with Crippen LogP contribution in [-0.4, -0.2) is 0 Å². The van der Waals surface area contributed by atoms with Crippen LogP contribution in [0.1, 0.15) is 29.0 Å². The summed E-state index contributed by atoms with van der Waals surface area (Å²) in [5.74, 6) is 0.215. The van der Waals surface area contributed by atoms with Crippen LogP contribution >= 0.6 is 0 Å². The second kappa shape index (κ2) is 13.8. The van der Waals surface area contributed by atoms with Gasteiger partial charge in [-0.25, -0.2) is 0 Å². The molecule has 1 aliphatic rings. The highest BCUT2D eigenvalue weighted by atomic mass is 16.3. The summed E-state index contributed by atoms with van der Waals surface area (Å²) in [6, 6.07) is 75.0. The van der Waals surface area contributed by atoms with Crippen molar-refractivity contribution < 1.29 is 4.42 Å². The zero-order valence-corrected chi connectivity index (χ0v) is 31.5. The maximum Gasteiger partial charge on any atom is 0.136 e. The van der Waals surface area contributed by atoms with Gasteiger partial charge in [-0.05, 0) is 123 Å². The predicted molar refractivity (Wildman–Crippen MR) is 239 cm³/mol. The minimum atomic E-state index is 0.215. The topological polar surface area (TPSA) is 16.4 Å². The molecule has 0 bridgehead atoms. The maximum absolute atomic E-state index is 6.74. The highest BCUT2D eigenvalue weighted by molar-refractivity contribution is 6.17. The number of para-hydroxylation sites is 3. The zero-order chi connectivity index (χ0) is 37.7. The Morgan fingerprint density at radius 3 is 1.79 bits per heavy atom. The van der Waals surface area contributed by atoms with Crippen LogP contribution in [-0.2, 0) is 6.42 Å². The van der Waals surface area contributed by atoms with Crippen molar-refractivity contribution in [3.05, 3.63) is 223 Å². The summed E-state index contributed by atoms with van der Waals surface area (Å²) in [6.45, 7) is 0. The fourth-order valence-electron chi connectivity index (χ4n) is 9.33. The van der Waals surface area contributed by atoms with Crippen molar-refractivity contribution in [1.29, 1.82) is 0 Å². The smallest absolute Gasteiger partial charge is 0.136 e. The number of aryl methyl sites for hydroxylation is 1. The summed E-state index contributed by atoms with van der Waals surface area (Å²) < 4.78 is 6.74. The third kappa shape index (κ3) is 5.72. The average molecular weight is 730 g/mol. The molecule has 1 heterocycles. The van der Waals surface area contributed by atoms with E-state index in [0.717, 1.165) is 46.5 Å². The van der Waals surface area contributed by atoms with Gasteiger partial charge in [-0.1, -0.05) is 152 Å². The lowest BCUT2D eigenvalue weighted by Crippen LogP contribution is -2.09. The van der Waals surface area contributed by atoms with Gasteiger partial charge in [0, 0.05) is 39.3 Å². The molecule has 1 unspecified atom stereocenters. The monoisotopic (exact) mass is 729 g/mol. The second-order valence-electron chi connectivity index (χ2n) is 15.1. The molecule has 11 rings (SSSR count). The van der Waals surface area contributed by atoms with Gasteiger partial charge in [-0.2, -0.15) is 0 Å². The predicted octanol–water partition coefficient (Wildman–Crippen LogP) is 15.3. The van der Waals surface area contributed by atoms with Gasteiger partial charge >= 0.3 is 0 Å². The Hall–Kier alpha value is -7.16. The molecule has 0 saturated heterocycles. The Bertz CT molecular complexity index is 3010. The van der Waals surface area contributed by atoms with Crippen molar-refractivity contribution in [3.8, 4) is 33.4 Å². The molecule has 1 aromatic heterocycles. The van der Waals surface area contributed by atoms with E-state index < -0.39 is 0 Å². The van der Waals surface area contributed by atoms with Crippen LogP contribution in [0.3, 0.4) is 0 Å². The first-order valence-corrected chi connectivity index (χ1v) is 19.9. The van der Waals surface area contributed by atoms with Gasteiger partial charge in [0.05, 0.1) is 0 Å². The van der Waals surface area contributed by atoms with Crippen molar-refractivity contribution in [2.45, 2.75) is 18.8 Å². The van der Waals surface area contributed by atoms with Crippen LogP contribution in [0.15, 0.2) is 211 Å². The van der Waals surface area contributed by atoms with Crippen molar-refractivity contribution >= 4 is 49.8 Å². The zero-order valence-electron chi connectivity index (χ0n) is 31.5. The molecule has 0 fully saturated rings. The summed E-state index contributed by atoms with van der Waals surface area (Å²) in [6.07, 6.45) is 1.92. The first-order valence-electron chi connectivity index (χ1n) is 19.9. The van der Waals surface area contributed by atoms with Gasteiger partial charge < -0.3 is 9.32 Å². The van der Waals surface area contributed by atoms with Crippen molar-refractivity contribution in [2.75, 3.05) is 4.90 Å². The number of benzene rings is 9. The van der Waals surface area contributed by atoms with E-state index in [9.17, 15) is 0 Å². The molecule has 0 aliphatic heterocycles. The van der Waals surface area contributed by atoms with Crippen LogP contribution in [0, 0.1) is 0 Å². The minimum Gasteiger partial charge on any atom is -0.456 e. The summed E-state index contributed by atoms with van der Waals surface area (Å²) in [5.41, 5.74) is 16.7. The molecule has 10 aromatic rings. The number of furan rings is 1. The lowest BCUT2D eigenvalue weighted by atomic mass is 9.81. The third-order valence-electron chi connectivity index (χ3n) is 11.9. The van der Waals surface area contributed by atoms with Crippen molar-refractivity contribution in [1.82, 2.24) is 0 Å². The first kappa shape index (κ1) is 33.2. The lowest BCUT2D eigenvalue weighted by Gasteiger charge is -2.26. The summed E-state index contributed by atoms with van der Waals surface area (Å²) in [7, 11) is 0. The van der Waals surface area contributed by atoms with E-state index in [0.29, 0.717) is 0 Å². The third-order valence-corrected chi connectivity index (χ3v) is 11.9. The fraction of sp³-hybridized carbons (Fsp3) is 0.0545. The van der Waals surface area contributed by atoms with Crippen LogP contribution < -0.4 is 4.90 Å². The van der Waals surface area contributed by atoms with E-state index in [2.05, 4.69) is 211 Å². The van der Waals surface area contributed by atoms with E-state index >= 15 is 0 Å². The molecule has 2 nitrogen and oxygen atoms in total. The van der Waals surface area contributed by atoms with Crippen LogP contribution in [0.2, 0.25) is 0 Å². The molecule has 0 spiro atoms. The molecule has 0 radical (unpaired) electrons. The van der Waals surface area contributed by atoms with Crippen LogP contribution in [0.5, 0.6) is 0 Å². The minimum absolute atomic E-state index is 0.215. The van der Waals surface area contributed by atoms with Gasteiger partial charge in [0.25, 0.3) is 0 Å². The molecular formula is C55H39NO. The van der Waals surface area contributed by atoms with Crippen LogP contribution in [0.4, 0.5) is 17.1 Å². The van der Waals surface area contributed by atoms with Gasteiger partial charge in [-0.3, -0.25) is 0 Å². The quantitative estimate of drug-likeness (QED) is 0.169. The molecule has 57 heavy (non-hydrogen) atoms. The van der Waals surface area contributed by atoms with E-state index in [4.69, 9.17) is 4.42 Å². The maximum atomic E-state index is 6.74. The summed E-state index contributed by atoms with van der Waals surface area (Å²) >= 11 is 0. The summed E-state index contributed by atoms with van der Waals surface area (Å²) in [5, 5.41) is 4.91. The number of rotatable bonds is 6. The van der Waals surface area contributed by atoms with Crippen LogP contribution in [0.25, 0.3) is 66.1 Å². The standard InChI is InChI=1S/C55H39NO/c1-4-15-37(16-5-1)40-29-33-48-47(46-25-14-18-38-17-10-11-23-45(38)46)34-30-41-36-52-55(49-24-12-13-26-51(49)57-52)54(53(41)50(48)35-40)39-27-31-44(32-28-39)56(42-19-6-2-7-20-42)43-21-8-3-9-22-43/h1-29,31-33,35-36,47H,30,34H2. The van der Waals surface area contributed by atoms with E-state index in [-0.39, 0.29) is 5.92 Å². The van der Waals surface area contributed by atoms with Crippen molar-refractivity contribution in [2.24, 2.45) is 0 Å². The fourth-order valence-corrected chi connectivity index (χ4v) is 9.33. The van der Waals surface area contributed by atoms with Gasteiger partial charge in [0.1, 0.15) is 11.2 Å². The van der Waals surface area contributed by atoms with E-state index in [1.165, 1.54) is 66.2 Å². The van der Waals surface area contributed by atoms with Gasteiger partial charge in [0.2, 0.25) is 0 Å².